The zero-order valence-electron chi connectivity index (χ0n) is 15.0. The van der Waals surface area contributed by atoms with Crippen LogP contribution in [0.15, 0.2) is 91.0 Å². The number of rotatable bonds is 7. The number of carbonyl (C=O) groups is 1. The van der Waals surface area contributed by atoms with Gasteiger partial charge in [0.25, 0.3) is 0 Å². The number of nitrogens with zero attached hydrogens (tertiary/aromatic N) is 1. The molecule has 0 saturated carbocycles. The monoisotopic (exact) mass is 344 g/mol. The molecule has 3 rings (SSSR count). The van der Waals surface area contributed by atoms with Crippen molar-refractivity contribution in [1.82, 2.24) is 4.90 Å². The van der Waals surface area contributed by atoms with Gasteiger partial charge in [0.1, 0.15) is 0 Å². The van der Waals surface area contributed by atoms with E-state index in [4.69, 9.17) is 0 Å². The lowest BCUT2D eigenvalue weighted by molar-refractivity contribution is -0.116. The minimum Gasteiger partial charge on any atom is -0.326 e. The van der Waals surface area contributed by atoms with Crippen LogP contribution in [0.4, 0.5) is 5.69 Å². The molecule has 0 fully saturated rings. The topological polar surface area (TPSA) is 32.3 Å². The molecule has 0 heterocycles. The third kappa shape index (κ3) is 4.80. The van der Waals surface area contributed by atoms with Gasteiger partial charge in [-0.3, -0.25) is 9.69 Å². The van der Waals surface area contributed by atoms with Crippen LogP contribution in [0.1, 0.15) is 23.6 Å². The second-order valence-electron chi connectivity index (χ2n) is 6.37. The molecule has 0 aliphatic carbocycles. The van der Waals surface area contributed by atoms with Crippen LogP contribution in [-0.4, -0.2) is 24.4 Å². The number of benzene rings is 3. The summed E-state index contributed by atoms with van der Waals surface area (Å²) in [5.41, 5.74) is 3.29. The van der Waals surface area contributed by atoms with E-state index in [1.54, 1.807) is 0 Å². The van der Waals surface area contributed by atoms with Crippen molar-refractivity contribution in [2.24, 2.45) is 0 Å². The average molecular weight is 344 g/mol. The van der Waals surface area contributed by atoms with Gasteiger partial charge in [-0.1, -0.05) is 78.9 Å². The average Bonchev–Trinajstić information content (AvgIpc) is 2.69. The zero-order valence-corrected chi connectivity index (χ0v) is 15.0. The van der Waals surface area contributed by atoms with Crippen molar-refractivity contribution in [2.45, 2.75) is 12.5 Å². The normalized spacial score (nSPS) is 10.9. The Kier molecular flexibility index (Phi) is 6.18. The number of para-hydroxylation sites is 1. The Labute approximate surface area is 155 Å². The first kappa shape index (κ1) is 17.9. The molecule has 0 unspecified atom stereocenters. The summed E-state index contributed by atoms with van der Waals surface area (Å²) >= 11 is 0. The largest absolute Gasteiger partial charge is 0.326 e. The quantitative estimate of drug-likeness (QED) is 0.671. The van der Waals surface area contributed by atoms with E-state index < -0.39 is 0 Å². The fourth-order valence-electron chi connectivity index (χ4n) is 3.12. The lowest BCUT2D eigenvalue weighted by Crippen LogP contribution is -2.29. The summed E-state index contributed by atoms with van der Waals surface area (Å²) < 4.78 is 0. The van der Waals surface area contributed by atoms with E-state index in [-0.39, 0.29) is 11.9 Å². The van der Waals surface area contributed by atoms with Gasteiger partial charge in [0.2, 0.25) is 5.91 Å². The predicted molar refractivity (Wildman–Crippen MR) is 107 cm³/mol. The maximum Gasteiger partial charge on any atom is 0.225 e. The van der Waals surface area contributed by atoms with Crippen molar-refractivity contribution in [3.05, 3.63) is 102 Å². The van der Waals surface area contributed by atoms with Crippen LogP contribution >= 0.6 is 0 Å². The molecule has 0 aliphatic rings. The third-order valence-electron chi connectivity index (χ3n) is 4.42. The Morgan fingerprint density at radius 2 is 1.27 bits per heavy atom. The number of nitrogens with one attached hydrogen (secondary N) is 1. The van der Waals surface area contributed by atoms with Gasteiger partial charge in [-0.15, -0.1) is 0 Å². The summed E-state index contributed by atoms with van der Waals surface area (Å²) in [6.45, 7) is 0.674. The van der Waals surface area contributed by atoms with Crippen molar-refractivity contribution in [2.75, 3.05) is 18.9 Å². The molecule has 132 valence electrons. The van der Waals surface area contributed by atoms with Crippen molar-refractivity contribution in [3.63, 3.8) is 0 Å². The highest BCUT2D eigenvalue weighted by atomic mass is 16.1. The first-order valence-corrected chi connectivity index (χ1v) is 8.89. The van der Waals surface area contributed by atoms with Crippen LogP contribution in [0, 0.1) is 0 Å². The molecular formula is C23H24N2O. The lowest BCUT2D eigenvalue weighted by atomic mass is 9.97. The second-order valence-corrected chi connectivity index (χ2v) is 6.37. The molecule has 0 saturated heterocycles. The van der Waals surface area contributed by atoms with Crippen LogP contribution in [-0.2, 0) is 4.79 Å². The summed E-state index contributed by atoms with van der Waals surface area (Å²) in [7, 11) is 2.07. The van der Waals surface area contributed by atoms with Gasteiger partial charge in [0.15, 0.2) is 0 Å². The van der Waals surface area contributed by atoms with Gasteiger partial charge in [-0.2, -0.15) is 0 Å². The molecule has 3 aromatic carbocycles. The Balaban J connectivity index is 1.68. The van der Waals surface area contributed by atoms with E-state index in [0.29, 0.717) is 13.0 Å². The Morgan fingerprint density at radius 1 is 0.808 bits per heavy atom. The Hall–Kier alpha value is -2.91. The number of carbonyl (C=O) groups excluding carboxylic acids is 1. The van der Waals surface area contributed by atoms with Crippen LogP contribution in [0.5, 0.6) is 0 Å². The number of amides is 1. The molecule has 0 radical (unpaired) electrons. The first-order valence-electron chi connectivity index (χ1n) is 8.89. The molecule has 0 atom stereocenters. The molecule has 0 spiro atoms. The van der Waals surface area contributed by atoms with Crippen molar-refractivity contribution in [1.29, 1.82) is 0 Å². The Morgan fingerprint density at radius 3 is 1.77 bits per heavy atom. The molecule has 1 amide bonds. The summed E-state index contributed by atoms with van der Waals surface area (Å²) in [5, 5.41) is 2.95. The summed E-state index contributed by atoms with van der Waals surface area (Å²) in [6.07, 6.45) is 0.446. The molecule has 0 aliphatic heterocycles. The summed E-state index contributed by atoms with van der Waals surface area (Å²) in [5.74, 6) is 0.0305. The highest BCUT2D eigenvalue weighted by Crippen LogP contribution is 2.27. The van der Waals surface area contributed by atoms with Crippen molar-refractivity contribution >= 4 is 11.6 Å². The smallest absolute Gasteiger partial charge is 0.225 e. The van der Waals surface area contributed by atoms with Crippen LogP contribution in [0.25, 0.3) is 0 Å². The third-order valence-corrected chi connectivity index (χ3v) is 4.42. The number of hydrogen-bond donors (Lipinski definition) is 1. The van der Waals surface area contributed by atoms with Gasteiger partial charge in [0.05, 0.1) is 6.04 Å². The fourth-order valence-corrected chi connectivity index (χ4v) is 3.12. The maximum atomic E-state index is 12.3. The Bertz CT molecular complexity index is 764. The molecular weight excluding hydrogens is 320 g/mol. The van der Waals surface area contributed by atoms with Gasteiger partial charge >= 0.3 is 0 Å². The van der Waals surface area contributed by atoms with Crippen molar-refractivity contribution in [3.8, 4) is 0 Å². The highest BCUT2D eigenvalue weighted by molar-refractivity contribution is 5.90. The number of hydrogen-bond acceptors (Lipinski definition) is 2. The van der Waals surface area contributed by atoms with E-state index in [0.717, 1.165) is 5.69 Å². The maximum absolute atomic E-state index is 12.3. The molecule has 3 heteroatoms. The SMILES string of the molecule is CN(CCC(=O)Nc1ccccc1)C(c1ccccc1)c1ccccc1. The van der Waals surface area contributed by atoms with Gasteiger partial charge in [-0.05, 0) is 30.3 Å². The van der Waals surface area contributed by atoms with Gasteiger partial charge in [-0.25, -0.2) is 0 Å². The van der Waals surface area contributed by atoms with Crippen LogP contribution in [0.3, 0.4) is 0 Å². The minimum absolute atomic E-state index is 0.0305. The van der Waals surface area contributed by atoms with Crippen LogP contribution in [0.2, 0.25) is 0 Å². The van der Waals surface area contributed by atoms with Gasteiger partial charge < -0.3 is 5.32 Å². The van der Waals surface area contributed by atoms with Crippen LogP contribution < -0.4 is 5.32 Å². The summed E-state index contributed by atoms with van der Waals surface area (Å²) in [6, 6.07) is 30.5. The van der Waals surface area contributed by atoms with E-state index >= 15 is 0 Å². The molecule has 1 N–H and O–H groups in total. The van der Waals surface area contributed by atoms with Gasteiger partial charge in [0, 0.05) is 18.7 Å². The number of anilines is 1. The summed E-state index contributed by atoms with van der Waals surface area (Å²) in [4.78, 5) is 14.5. The molecule has 3 nitrogen and oxygen atoms in total. The van der Waals surface area contributed by atoms with E-state index in [1.165, 1.54) is 11.1 Å². The molecule has 0 aromatic heterocycles. The van der Waals surface area contributed by atoms with Crippen molar-refractivity contribution < 1.29 is 4.79 Å². The molecule has 0 bridgehead atoms. The lowest BCUT2D eigenvalue weighted by Gasteiger charge is -2.29. The fraction of sp³-hybridized carbons (Fsp3) is 0.174. The minimum atomic E-state index is 0.0305. The molecule has 3 aromatic rings. The highest BCUT2D eigenvalue weighted by Gasteiger charge is 2.19. The second kappa shape index (κ2) is 8.97. The van der Waals surface area contributed by atoms with E-state index in [2.05, 4.69) is 65.8 Å². The standard InChI is InChI=1S/C23H24N2O/c1-25(18-17-22(26)24-21-15-9-4-10-16-21)23(19-11-5-2-6-12-19)20-13-7-3-8-14-20/h2-16,23H,17-18H2,1H3,(H,24,26). The van der Waals surface area contributed by atoms with E-state index in [1.807, 2.05) is 42.5 Å². The van der Waals surface area contributed by atoms with E-state index in [9.17, 15) is 4.79 Å². The first-order chi connectivity index (χ1) is 12.7. The zero-order chi connectivity index (χ0) is 18.2. The predicted octanol–water partition coefficient (Wildman–Crippen LogP) is 4.74. The molecule has 26 heavy (non-hydrogen) atoms.